The molecule has 0 saturated heterocycles. The third-order valence-corrected chi connectivity index (χ3v) is 4.24. The zero-order valence-corrected chi connectivity index (χ0v) is 15.1. The molecule has 1 N–H and O–H groups in total. The van der Waals surface area contributed by atoms with Gasteiger partial charge in [0.25, 0.3) is 0 Å². The molecule has 0 bridgehead atoms. The van der Waals surface area contributed by atoms with Crippen molar-refractivity contribution in [3.8, 4) is 16.9 Å². The topological polar surface area (TPSA) is 62.6 Å². The number of nitrogens with zero attached hydrogens (tertiary/aromatic N) is 4. The van der Waals surface area contributed by atoms with Crippen LogP contribution in [0.25, 0.3) is 17.3 Å². The Bertz CT molecular complexity index is 1100. The van der Waals surface area contributed by atoms with Crippen molar-refractivity contribution in [2.24, 2.45) is 5.10 Å². The highest BCUT2D eigenvalue weighted by molar-refractivity contribution is 5.64. The lowest BCUT2D eigenvalue weighted by Crippen LogP contribution is -2.43. The van der Waals surface area contributed by atoms with E-state index < -0.39 is 6.36 Å². The number of ether oxygens (including phenoxy) is 1. The smallest absolute Gasteiger partial charge is 0.406 e. The Morgan fingerprint density at radius 3 is 2.41 bits per heavy atom. The predicted molar refractivity (Wildman–Crippen MR) is 99.4 cm³/mol. The minimum atomic E-state index is -4.70. The molecule has 9 heteroatoms. The van der Waals surface area contributed by atoms with Gasteiger partial charge in [-0.1, -0.05) is 18.2 Å². The van der Waals surface area contributed by atoms with Crippen LogP contribution in [0.1, 0.15) is 5.82 Å². The van der Waals surface area contributed by atoms with Crippen LogP contribution < -0.4 is 20.8 Å². The van der Waals surface area contributed by atoms with E-state index in [0.29, 0.717) is 13.0 Å². The number of nitrogens with one attached hydrogen (secondary N) is 1. The standard InChI is InChI=1S/C20H16F3N5O/c21-20(22,23)29-17-5-2-14(3-6-17)15-4-7-18-16(12-15)13-28(27-26-18)11-8-19-24-9-1-10-25-19/h1-7,9-10,12-13,27H,8,11H2. The summed E-state index contributed by atoms with van der Waals surface area (Å²) in [7, 11) is 0. The predicted octanol–water partition coefficient (Wildman–Crippen LogP) is 2.38. The number of alkyl halides is 3. The Balaban J connectivity index is 1.52. The van der Waals surface area contributed by atoms with Crippen LogP contribution in [0.3, 0.4) is 0 Å². The molecule has 2 heterocycles. The molecule has 4 rings (SSSR count). The van der Waals surface area contributed by atoms with Crippen molar-refractivity contribution in [2.45, 2.75) is 12.8 Å². The fourth-order valence-corrected chi connectivity index (χ4v) is 2.90. The van der Waals surface area contributed by atoms with Gasteiger partial charge in [0.05, 0.1) is 5.36 Å². The van der Waals surface area contributed by atoms with Gasteiger partial charge in [-0.15, -0.1) is 13.2 Å². The van der Waals surface area contributed by atoms with Crippen molar-refractivity contribution in [1.29, 1.82) is 0 Å². The summed E-state index contributed by atoms with van der Waals surface area (Å²) in [5.41, 5.74) is 4.60. The third kappa shape index (κ3) is 4.81. The van der Waals surface area contributed by atoms with E-state index in [-0.39, 0.29) is 5.75 Å². The summed E-state index contributed by atoms with van der Waals surface area (Å²) in [5, 5.41) is 7.84. The second-order valence-corrected chi connectivity index (χ2v) is 6.30. The number of hydrazine groups is 1. The lowest BCUT2D eigenvalue weighted by Gasteiger charge is -2.21. The molecule has 0 radical (unpaired) electrons. The fourth-order valence-electron chi connectivity index (χ4n) is 2.90. The number of halogens is 3. The Morgan fingerprint density at radius 2 is 1.69 bits per heavy atom. The van der Waals surface area contributed by atoms with Crippen molar-refractivity contribution in [3.05, 3.63) is 77.3 Å². The third-order valence-electron chi connectivity index (χ3n) is 4.24. The van der Waals surface area contributed by atoms with E-state index in [0.717, 1.165) is 27.5 Å². The van der Waals surface area contributed by atoms with Gasteiger partial charge in [-0.05, 0) is 41.5 Å². The number of fused-ring (bicyclic) bond motifs is 1. The molecule has 0 unspecified atom stereocenters. The van der Waals surface area contributed by atoms with E-state index in [2.05, 4.69) is 25.3 Å². The maximum absolute atomic E-state index is 12.3. The molecule has 148 valence electrons. The summed E-state index contributed by atoms with van der Waals surface area (Å²) in [6.45, 7) is 0.626. The van der Waals surface area contributed by atoms with Crippen molar-refractivity contribution >= 4 is 6.20 Å². The Hall–Kier alpha value is -3.62. The van der Waals surface area contributed by atoms with Crippen LogP contribution in [0.4, 0.5) is 13.2 Å². The molecule has 1 aliphatic heterocycles. The Labute approximate surface area is 164 Å². The molecule has 0 amide bonds. The Morgan fingerprint density at radius 1 is 0.966 bits per heavy atom. The first-order chi connectivity index (χ1) is 14.0. The van der Waals surface area contributed by atoms with Gasteiger partial charge in [-0.25, -0.2) is 15.5 Å². The zero-order valence-electron chi connectivity index (χ0n) is 15.1. The maximum Gasteiger partial charge on any atom is 0.573 e. The van der Waals surface area contributed by atoms with Crippen LogP contribution >= 0.6 is 0 Å². The van der Waals surface area contributed by atoms with Crippen LogP contribution in [0, 0.1) is 0 Å². The molecule has 6 nitrogen and oxygen atoms in total. The van der Waals surface area contributed by atoms with Crippen molar-refractivity contribution < 1.29 is 17.9 Å². The first kappa shape index (κ1) is 18.7. The summed E-state index contributed by atoms with van der Waals surface area (Å²) >= 11 is 0. The van der Waals surface area contributed by atoms with E-state index in [4.69, 9.17) is 0 Å². The van der Waals surface area contributed by atoms with E-state index in [1.165, 1.54) is 12.1 Å². The molecule has 0 atom stereocenters. The van der Waals surface area contributed by atoms with Crippen molar-refractivity contribution in [2.75, 3.05) is 6.54 Å². The summed E-state index contributed by atoms with van der Waals surface area (Å²) in [6, 6.07) is 13.2. The van der Waals surface area contributed by atoms with E-state index in [1.54, 1.807) is 30.6 Å². The monoisotopic (exact) mass is 399 g/mol. The number of aromatic nitrogens is 2. The van der Waals surface area contributed by atoms with Crippen LogP contribution in [-0.4, -0.2) is 27.9 Å². The number of hydrogen-bond acceptors (Lipinski definition) is 6. The van der Waals surface area contributed by atoms with E-state index in [9.17, 15) is 13.2 Å². The van der Waals surface area contributed by atoms with E-state index in [1.807, 2.05) is 29.4 Å². The van der Waals surface area contributed by atoms with Gasteiger partial charge in [0.15, 0.2) is 0 Å². The summed E-state index contributed by atoms with van der Waals surface area (Å²) < 4.78 is 40.8. The average molecular weight is 399 g/mol. The number of benzene rings is 2. The molecular weight excluding hydrogens is 383 g/mol. The van der Waals surface area contributed by atoms with Gasteiger partial charge in [0.1, 0.15) is 11.6 Å². The first-order valence-corrected chi connectivity index (χ1v) is 8.80. The average Bonchev–Trinajstić information content (AvgIpc) is 2.72. The molecule has 1 aromatic heterocycles. The fraction of sp³-hybridized carbons (Fsp3) is 0.150. The molecule has 0 fully saturated rings. The van der Waals surface area contributed by atoms with Gasteiger partial charge < -0.3 is 4.74 Å². The van der Waals surface area contributed by atoms with Crippen LogP contribution in [0.5, 0.6) is 5.75 Å². The summed E-state index contributed by atoms with van der Waals surface area (Å²) in [4.78, 5) is 8.40. The molecule has 0 spiro atoms. The first-order valence-electron chi connectivity index (χ1n) is 8.80. The zero-order chi connectivity index (χ0) is 20.3. The molecule has 0 aliphatic carbocycles. The van der Waals surface area contributed by atoms with E-state index >= 15 is 0 Å². The van der Waals surface area contributed by atoms with Gasteiger partial charge in [0, 0.05) is 36.8 Å². The normalized spacial score (nSPS) is 13.0. The molecular formula is C20H16F3N5O. The minimum absolute atomic E-state index is 0.251. The SMILES string of the molecule is FC(F)(F)Oc1ccc(-c2ccc3c(c2)=CN(CCc2ncccn2)NN=3)cc1. The highest BCUT2D eigenvalue weighted by atomic mass is 19.4. The Kier molecular flexibility index (Phi) is 5.03. The van der Waals surface area contributed by atoms with Crippen LogP contribution in [0.15, 0.2) is 66.0 Å². The molecule has 1 aliphatic rings. The van der Waals surface area contributed by atoms with Gasteiger partial charge in [-0.2, -0.15) is 5.10 Å². The lowest BCUT2D eigenvalue weighted by atomic mass is 10.0. The second-order valence-electron chi connectivity index (χ2n) is 6.30. The van der Waals surface area contributed by atoms with Crippen molar-refractivity contribution in [3.63, 3.8) is 0 Å². The van der Waals surface area contributed by atoms with Crippen LogP contribution in [-0.2, 0) is 6.42 Å². The molecule has 29 heavy (non-hydrogen) atoms. The number of rotatable bonds is 5. The summed E-state index contributed by atoms with van der Waals surface area (Å²) in [5.74, 6) is 0.489. The largest absolute Gasteiger partial charge is 0.573 e. The van der Waals surface area contributed by atoms with Crippen LogP contribution in [0.2, 0.25) is 0 Å². The lowest BCUT2D eigenvalue weighted by molar-refractivity contribution is -0.274. The minimum Gasteiger partial charge on any atom is -0.406 e. The highest BCUT2D eigenvalue weighted by Gasteiger charge is 2.30. The molecule has 2 aromatic carbocycles. The van der Waals surface area contributed by atoms with Gasteiger partial charge in [-0.3, -0.25) is 5.01 Å². The quantitative estimate of drug-likeness (QED) is 0.714. The molecule has 3 aromatic rings. The summed E-state index contributed by atoms with van der Waals surface area (Å²) in [6.07, 6.45) is 1.27. The molecule has 0 saturated carbocycles. The van der Waals surface area contributed by atoms with Gasteiger partial charge >= 0.3 is 6.36 Å². The van der Waals surface area contributed by atoms with Gasteiger partial charge in [0.2, 0.25) is 0 Å². The van der Waals surface area contributed by atoms with Crippen molar-refractivity contribution in [1.82, 2.24) is 20.5 Å². The number of hydrogen-bond donors (Lipinski definition) is 1. The second kappa shape index (κ2) is 7.78. The highest BCUT2D eigenvalue weighted by Crippen LogP contribution is 2.25. The maximum atomic E-state index is 12.3.